The van der Waals surface area contributed by atoms with E-state index in [0.717, 1.165) is 37.7 Å². The van der Waals surface area contributed by atoms with Crippen molar-refractivity contribution >= 4 is 29.1 Å². The number of carbonyl (C=O) groups excluding carboxylic acids is 1. The van der Waals surface area contributed by atoms with Gasteiger partial charge in [-0.1, -0.05) is 49.4 Å². The lowest BCUT2D eigenvalue weighted by atomic mass is 9.75. The standard InChI is InChI=1S/C16H21Cl2NO/c1-16(6-3-2-4-7-16)15(20)19-8-5-12-9-13(17)11-14(18)10-12/h9-11H,2-8H2,1H3,(H,19,20). The van der Waals surface area contributed by atoms with Gasteiger partial charge in [-0.2, -0.15) is 0 Å². The number of carbonyl (C=O) groups is 1. The van der Waals surface area contributed by atoms with Gasteiger partial charge in [-0.15, -0.1) is 0 Å². The van der Waals surface area contributed by atoms with Crippen LogP contribution in [0.1, 0.15) is 44.6 Å². The summed E-state index contributed by atoms with van der Waals surface area (Å²) in [5, 5.41) is 4.33. The van der Waals surface area contributed by atoms with E-state index in [2.05, 4.69) is 12.2 Å². The fourth-order valence-corrected chi connectivity index (χ4v) is 3.42. The molecule has 1 amide bonds. The molecule has 2 rings (SSSR count). The molecule has 4 heteroatoms. The van der Waals surface area contributed by atoms with Gasteiger partial charge in [0, 0.05) is 22.0 Å². The SMILES string of the molecule is CC1(C(=O)NCCc2cc(Cl)cc(Cl)c2)CCCCC1. The summed E-state index contributed by atoms with van der Waals surface area (Å²) in [5.74, 6) is 0.185. The van der Waals surface area contributed by atoms with Gasteiger partial charge in [-0.05, 0) is 43.0 Å². The molecular weight excluding hydrogens is 293 g/mol. The molecule has 1 aliphatic carbocycles. The average Bonchev–Trinajstić information content (AvgIpc) is 2.38. The molecule has 0 aliphatic heterocycles. The topological polar surface area (TPSA) is 29.1 Å². The van der Waals surface area contributed by atoms with Gasteiger partial charge in [0.15, 0.2) is 0 Å². The van der Waals surface area contributed by atoms with Crippen LogP contribution in [0.15, 0.2) is 18.2 Å². The largest absolute Gasteiger partial charge is 0.355 e. The third-order valence-corrected chi connectivity index (χ3v) is 4.56. The van der Waals surface area contributed by atoms with E-state index in [0.29, 0.717) is 16.6 Å². The van der Waals surface area contributed by atoms with Gasteiger partial charge >= 0.3 is 0 Å². The molecule has 1 saturated carbocycles. The van der Waals surface area contributed by atoms with Crippen LogP contribution >= 0.6 is 23.2 Å². The number of rotatable bonds is 4. The van der Waals surface area contributed by atoms with Crippen LogP contribution in [-0.2, 0) is 11.2 Å². The van der Waals surface area contributed by atoms with Crippen LogP contribution < -0.4 is 5.32 Å². The number of nitrogens with one attached hydrogen (secondary N) is 1. The summed E-state index contributed by atoms with van der Waals surface area (Å²) in [4.78, 5) is 12.3. The third kappa shape index (κ3) is 4.13. The van der Waals surface area contributed by atoms with E-state index in [4.69, 9.17) is 23.2 Å². The molecule has 0 unspecified atom stereocenters. The summed E-state index contributed by atoms with van der Waals surface area (Å²) < 4.78 is 0. The fourth-order valence-electron chi connectivity index (χ4n) is 2.85. The highest BCUT2D eigenvalue weighted by Crippen LogP contribution is 2.35. The zero-order chi connectivity index (χ0) is 14.6. The second kappa shape index (κ2) is 6.82. The fraction of sp³-hybridized carbons (Fsp3) is 0.562. The van der Waals surface area contributed by atoms with E-state index in [1.54, 1.807) is 6.07 Å². The first kappa shape index (κ1) is 15.7. The average molecular weight is 314 g/mol. The zero-order valence-electron chi connectivity index (χ0n) is 11.8. The number of halogens is 2. The number of hydrogen-bond donors (Lipinski definition) is 1. The van der Waals surface area contributed by atoms with Crippen molar-refractivity contribution in [3.05, 3.63) is 33.8 Å². The second-order valence-electron chi connectivity index (χ2n) is 5.90. The minimum Gasteiger partial charge on any atom is -0.355 e. The Morgan fingerprint density at radius 1 is 1.15 bits per heavy atom. The molecule has 0 radical (unpaired) electrons. The predicted molar refractivity (Wildman–Crippen MR) is 84.4 cm³/mol. The Kier molecular flexibility index (Phi) is 5.34. The highest BCUT2D eigenvalue weighted by molar-refractivity contribution is 6.34. The Morgan fingerprint density at radius 2 is 1.75 bits per heavy atom. The van der Waals surface area contributed by atoms with Crippen molar-refractivity contribution in [2.45, 2.75) is 45.4 Å². The summed E-state index contributed by atoms with van der Waals surface area (Å²) in [6, 6.07) is 5.50. The Hall–Kier alpha value is -0.730. The molecule has 0 spiro atoms. The van der Waals surface area contributed by atoms with Gasteiger partial charge < -0.3 is 5.32 Å². The second-order valence-corrected chi connectivity index (χ2v) is 6.78. The van der Waals surface area contributed by atoms with Crippen LogP contribution in [-0.4, -0.2) is 12.5 Å². The van der Waals surface area contributed by atoms with Gasteiger partial charge in [0.25, 0.3) is 0 Å². The molecule has 0 heterocycles. The monoisotopic (exact) mass is 313 g/mol. The van der Waals surface area contributed by atoms with Crippen molar-refractivity contribution < 1.29 is 4.79 Å². The maximum atomic E-state index is 12.3. The van der Waals surface area contributed by atoms with Crippen LogP contribution in [0.5, 0.6) is 0 Å². The van der Waals surface area contributed by atoms with Crippen LogP contribution in [0.25, 0.3) is 0 Å². The quantitative estimate of drug-likeness (QED) is 0.863. The number of hydrogen-bond acceptors (Lipinski definition) is 1. The van der Waals surface area contributed by atoms with E-state index in [1.165, 1.54) is 6.42 Å². The maximum absolute atomic E-state index is 12.3. The smallest absolute Gasteiger partial charge is 0.225 e. The van der Waals surface area contributed by atoms with E-state index in [1.807, 2.05) is 12.1 Å². The first-order valence-electron chi connectivity index (χ1n) is 7.23. The Balaban J connectivity index is 1.84. The van der Waals surface area contributed by atoms with Crippen molar-refractivity contribution in [1.29, 1.82) is 0 Å². The Bertz CT molecular complexity index is 461. The molecular formula is C16H21Cl2NO. The lowest BCUT2D eigenvalue weighted by Crippen LogP contribution is -2.41. The van der Waals surface area contributed by atoms with Crippen LogP contribution in [0.3, 0.4) is 0 Å². The summed E-state index contributed by atoms with van der Waals surface area (Å²) in [6.07, 6.45) is 6.33. The molecule has 110 valence electrons. The minimum atomic E-state index is -0.176. The Morgan fingerprint density at radius 3 is 2.35 bits per heavy atom. The molecule has 1 N–H and O–H groups in total. The van der Waals surface area contributed by atoms with Crippen molar-refractivity contribution in [1.82, 2.24) is 5.32 Å². The van der Waals surface area contributed by atoms with Gasteiger partial charge in [-0.25, -0.2) is 0 Å². The summed E-state index contributed by atoms with van der Waals surface area (Å²) >= 11 is 11.9. The van der Waals surface area contributed by atoms with Crippen LogP contribution in [0.4, 0.5) is 0 Å². The number of amides is 1. The van der Waals surface area contributed by atoms with Crippen molar-refractivity contribution in [3.8, 4) is 0 Å². The van der Waals surface area contributed by atoms with Gasteiger partial charge in [0.1, 0.15) is 0 Å². The minimum absolute atomic E-state index is 0.176. The highest BCUT2D eigenvalue weighted by atomic mass is 35.5. The Labute approximate surface area is 130 Å². The van der Waals surface area contributed by atoms with Crippen LogP contribution in [0, 0.1) is 5.41 Å². The molecule has 0 bridgehead atoms. The van der Waals surface area contributed by atoms with Crippen molar-refractivity contribution in [2.75, 3.05) is 6.54 Å². The van der Waals surface area contributed by atoms with Gasteiger partial charge in [0.2, 0.25) is 5.91 Å². The molecule has 1 aromatic carbocycles. The maximum Gasteiger partial charge on any atom is 0.225 e. The molecule has 1 aromatic rings. The lowest BCUT2D eigenvalue weighted by Gasteiger charge is -2.32. The predicted octanol–water partition coefficient (Wildman–Crippen LogP) is 4.62. The highest BCUT2D eigenvalue weighted by Gasteiger charge is 2.33. The summed E-state index contributed by atoms with van der Waals surface area (Å²) in [6.45, 7) is 2.71. The van der Waals surface area contributed by atoms with Gasteiger partial charge in [-0.3, -0.25) is 4.79 Å². The third-order valence-electron chi connectivity index (χ3n) is 4.13. The van der Waals surface area contributed by atoms with Crippen molar-refractivity contribution in [2.24, 2.45) is 5.41 Å². The first-order valence-corrected chi connectivity index (χ1v) is 7.98. The zero-order valence-corrected chi connectivity index (χ0v) is 13.4. The molecule has 0 aromatic heterocycles. The normalized spacial score (nSPS) is 17.8. The molecule has 0 saturated heterocycles. The molecule has 20 heavy (non-hydrogen) atoms. The van der Waals surface area contributed by atoms with E-state index < -0.39 is 0 Å². The summed E-state index contributed by atoms with van der Waals surface area (Å²) in [7, 11) is 0. The van der Waals surface area contributed by atoms with Gasteiger partial charge in [0.05, 0.1) is 0 Å². The molecule has 1 fully saturated rings. The molecule has 1 aliphatic rings. The van der Waals surface area contributed by atoms with E-state index in [-0.39, 0.29) is 11.3 Å². The number of benzene rings is 1. The first-order chi connectivity index (χ1) is 9.49. The molecule has 0 atom stereocenters. The van der Waals surface area contributed by atoms with Crippen molar-refractivity contribution in [3.63, 3.8) is 0 Å². The summed E-state index contributed by atoms with van der Waals surface area (Å²) in [5.41, 5.74) is 0.876. The van der Waals surface area contributed by atoms with E-state index >= 15 is 0 Å². The molecule has 2 nitrogen and oxygen atoms in total. The lowest BCUT2D eigenvalue weighted by molar-refractivity contribution is -0.131. The van der Waals surface area contributed by atoms with E-state index in [9.17, 15) is 4.79 Å². The van der Waals surface area contributed by atoms with Crippen LogP contribution in [0.2, 0.25) is 10.0 Å².